The quantitative estimate of drug-likeness (QED) is 0.894. The molecule has 0 aliphatic carbocycles. The number of aryl methyl sites for hydroxylation is 1. The molecule has 6 nitrogen and oxygen atoms in total. The van der Waals surface area contributed by atoms with Crippen LogP contribution < -0.4 is 10.6 Å². The minimum atomic E-state index is -0.398. The number of hydrogen-bond acceptors (Lipinski definition) is 6. The third-order valence-electron chi connectivity index (χ3n) is 3.86. The van der Waals surface area contributed by atoms with Crippen molar-refractivity contribution in [3.8, 4) is 0 Å². The van der Waals surface area contributed by atoms with Gasteiger partial charge in [0.2, 0.25) is 11.0 Å². The Morgan fingerprint density at radius 2 is 2.05 bits per heavy atom. The third-order valence-corrected chi connectivity index (χ3v) is 4.67. The van der Waals surface area contributed by atoms with Crippen molar-refractivity contribution < 1.29 is 4.79 Å². The molecule has 0 bridgehead atoms. The van der Waals surface area contributed by atoms with Crippen molar-refractivity contribution in [2.24, 2.45) is 11.7 Å². The van der Waals surface area contributed by atoms with Gasteiger partial charge in [0.05, 0.1) is 6.04 Å². The van der Waals surface area contributed by atoms with Crippen LogP contribution in [0.15, 0.2) is 0 Å². The summed E-state index contributed by atoms with van der Waals surface area (Å²) in [6.07, 6.45) is 1.80. The summed E-state index contributed by atoms with van der Waals surface area (Å²) in [5, 5.41) is 0.967. The van der Waals surface area contributed by atoms with Crippen LogP contribution in [0.1, 0.15) is 33.0 Å². The molecule has 8 heteroatoms. The summed E-state index contributed by atoms with van der Waals surface area (Å²) >= 11 is 1.45. The van der Waals surface area contributed by atoms with Gasteiger partial charge in [0.25, 0.3) is 0 Å². The summed E-state index contributed by atoms with van der Waals surface area (Å²) in [7, 11) is 0. The van der Waals surface area contributed by atoms with Crippen molar-refractivity contribution in [2.75, 3.05) is 31.1 Å². The molecule has 1 fully saturated rings. The van der Waals surface area contributed by atoms with Crippen LogP contribution in [0.4, 0.5) is 5.13 Å². The monoisotopic (exact) mass is 347 g/mol. The Labute approximate surface area is 142 Å². The number of amides is 1. The second-order valence-corrected chi connectivity index (χ2v) is 6.51. The Hall–Kier alpha value is -0.920. The number of anilines is 1. The largest absolute Gasteiger partial charge is 0.345 e. The number of carbonyl (C=O) groups is 1. The average Bonchev–Trinajstić information content (AvgIpc) is 2.82. The standard InChI is InChI=1S/C14H25N5OS.ClH/c1-4-11-16-14(21-17-11)19-7-5-6-18(8-9-19)13(20)12(15)10(2)3;/h10,12H,4-9,15H2,1-3H3;1H/t12-;/m0./s1. The number of rotatable bonds is 4. The molecular weight excluding hydrogens is 322 g/mol. The van der Waals surface area contributed by atoms with E-state index in [1.54, 1.807) is 0 Å². The zero-order valence-corrected chi connectivity index (χ0v) is 15.1. The lowest BCUT2D eigenvalue weighted by atomic mass is 10.0. The van der Waals surface area contributed by atoms with Crippen molar-refractivity contribution in [1.29, 1.82) is 0 Å². The minimum absolute atomic E-state index is 0. The first-order valence-electron chi connectivity index (χ1n) is 7.64. The van der Waals surface area contributed by atoms with Crippen LogP contribution in [0.25, 0.3) is 0 Å². The summed E-state index contributed by atoms with van der Waals surface area (Å²) in [6, 6.07) is -0.398. The van der Waals surface area contributed by atoms with Gasteiger partial charge >= 0.3 is 0 Å². The van der Waals surface area contributed by atoms with Crippen molar-refractivity contribution in [2.45, 2.75) is 39.7 Å². The predicted octanol–water partition coefficient (Wildman–Crippen LogP) is 1.54. The molecular formula is C14H26ClN5OS. The van der Waals surface area contributed by atoms with Crippen LogP contribution in [0.3, 0.4) is 0 Å². The van der Waals surface area contributed by atoms with E-state index in [4.69, 9.17) is 5.73 Å². The van der Waals surface area contributed by atoms with Crippen LogP contribution in [-0.4, -0.2) is 52.4 Å². The molecule has 22 heavy (non-hydrogen) atoms. The number of halogens is 1. The molecule has 0 saturated carbocycles. The van der Waals surface area contributed by atoms with Gasteiger partial charge in [-0.3, -0.25) is 4.79 Å². The van der Waals surface area contributed by atoms with Gasteiger partial charge in [0.15, 0.2) is 0 Å². The van der Waals surface area contributed by atoms with E-state index in [9.17, 15) is 4.79 Å². The molecule has 1 aromatic heterocycles. The van der Waals surface area contributed by atoms with Crippen LogP contribution in [0.5, 0.6) is 0 Å². The zero-order valence-electron chi connectivity index (χ0n) is 13.5. The zero-order chi connectivity index (χ0) is 15.4. The highest BCUT2D eigenvalue weighted by atomic mass is 35.5. The lowest BCUT2D eigenvalue weighted by Crippen LogP contribution is -2.47. The molecule has 1 amide bonds. The molecule has 2 rings (SSSR count). The van der Waals surface area contributed by atoms with Crippen molar-refractivity contribution in [3.05, 3.63) is 5.82 Å². The van der Waals surface area contributed by atoms with E-state index in [0.717, 1.165) is 43.4 Å². The first kappa shape index (κ1) is 19.1. The fraction of sp³-hybridized carbons (Fsp3) is 0.786. The smallest absolute Gasteiger partial charge is 0.239 e. The van der Waals surface area contributed by atoms with Crippen molar-refractivity contribution in [1.82, 2.24) is 14.3 Å². The molecule has 1 aliphatic rings. The fourth-order valence-corrected chi connectivity index (χ4v) is 3.14. The summed E-state index contributed by atoms with van der Waals surface area (Å²) in [5.74, 6) is 1.14. The number of aromatic nitrogens is 2. The Morgan fingerprint density at radius 3 is 2.64 bits per heavy atom. The molecule has 0 aromatic carbocycles. The third kappa shape index (κ3) is 4.54. The maximum atomic E-state index is 12.3. The first-order valence-corrected chi connectivity index (χ1v) is 8.42. The molecule has 0 unspecified atom stereocenters. The molecule has 126 valence electrons. The molecule has 1 atom stereocenters. The maximum absolute atomic E-state index is 12.3. The summed E-state index contributed by atoms with van der Waals surface area (Å²) < 4.78 is 4.33. The number of hydrogen-bond donors (Lipinski definition) is 1. The van der Waals surface area contributed by atoms with Gasteiger partial charge in [-0.2, -0.15) is 4.37 Å². The molecule has 0 spiro atoms. The van der Waals surface area contributed by atoms with E-state index in [-0.39, 0.29) is 24.2 Å². The summed E-state index contributed by atoms with van der Waals surface area (Å²) in [5.41, 5.74) is 5.98. The molecule has 1 aliphatic heterocycles. The highest BCUT2D eigenvalue weighted by Gasteiger charge is 2.26. The Morgan fingerprint density at radius 1 is 1.32 bits per heavy atom. The van der Waals surface area contributed by atoms with E-state index in [1.165, 1.54) is 11.5 Å². The number of nitrogens with zero attached hydrogens (tertiary/aromatic N) is 4. The predicted molar refractivity (Wildman–Crippen MR) is 92.8 cm³/mol. The minimum Gasteiger partial charge on any atom is -0.345 e. The topological polar surface area (TPSA) is 75.4 Å². The van der Waals surface area contributed by atoms with Crippen LogP contribution >= 0.6 is 23.9 Å². The maximum Gasteiger partial charge on any atom is 0.239 e. The molecule has 0 radical (unpaired) electrons. The van der Waals surface area contributed by atoms with Crippen molar-refractivity contribution in [3.63, 3.8) is 0 Å². The van der Waals surface area contributed by atoms with Gasteiger partial charge in [0.1, 0.15) is 5.82 Å². The molecule has 2 heterocycles. The number of carbonyl (C=O) groups excluding carboxylic acids is 1. The Bertz CT molecular complexity index is 482. The highest BCUT2D eigenvalue weighted by molar-refractivity contribution is 7.09. The van der Waals surface area contributed by atoms with E-state index in [2.05, 4.69) is 21.2 Å². The molecule has 1 aromatic rings. The van der Waals surface area contributed by atoms with E-state index >= 15 is 0 Å². The second kappa shape index (κ2) is 8.64. The van der Waals surface area contributed by atoms with Gasteiger partial charge in [-0.25, -0.2) is 4.98 Å². The summed E-state index contributed by atoms with van der Waals surface area (Å²) in [6.45, 7) is 9.23. The molecule has 1 saturated heterocycles. The van der Waals surface area contributed by atoms with Gasteiger partial charge in [0, 0.05) is 44.1 Å². The van der Waals surface area contributed by atoms with Gasteiger partial charge in [-0.1, -0.05) is 20.8 Å². The molecule has 2 N–H and O–H groups in total. The first-order chi connectivity index (χ1) is 10.0. The lowest BCUT2D eigenvalue weighted by Gasteiger charge is -2.26. The Kier molecular flexibility index (Phi) is 7.52. The van der Waals surface area contributed by atoms with E-state index in [0.29, 0.717) is 6.54 Å². The highest BCUT2D eigenvalue weighted by Crippen LogP contribution is 2.19. The van der Waals surface area contributed by atoms with Gasteiger partial charge in [-0.05, 0) is 12.3 Å². The fourth-order valence-electron chi connectivity index (χ4n) is 2.34. The lowest BCUT2D eigenvalue weighted by molar-refractivity contribution is -0.133. The Balaban J connectivity index is 0.00000242. The number of nitrogens with two attached hydrogens (primary N) is 1. The summed E-state index contributed by atoms with van der Waals surface area (Å²) in [4.78, 5) is 21.0. The second-order valence-electron chi connectivity index (χ2n) is 5.78. The van der Waals surface area contributed by atoms with Crippen LogP contribution in [0.2, 0.25) is 0 Å². The van der Waals surface area contributed by atoms with E-state index in [1.807, 2.05) is 18.7 Å². The average molecular weight is 348 g/mol. The normalized spacial score (nSPS) is 17.1. The van der Waals surface area contributed by atoms with Gasteiger partial charge in [-0.15, -0.1) is 12.4 Å². The van der Waals surface area contributed by atoms with Crippen LogP contribution in [0, 0.1) is 5.92 Å². The van der Waals surface area contributed by atoms with E-state index < -0.39 is 6.04 Å². The van der Waals surface area contributed by atoms with Crippen molar-refractivity contribution >= 4 is 35.0 Å². The SMILES string of the molecule is CCc1nsc(N2CCCN(C(=O)[C@@H](N)C(C)C)CC2)n1.Cl. The van der Waals surface area contributed by atoms with Crippen LogP contribution in [-0.2, 0) is 11.2 Å². The van der Waals surface area contributed by atoms with Gasteiger partial charge < -0.3 is 15.5 Å².